The molecule has 0 bridgehead atoms. The zero-order valence-corrected chi connectivity index (χ0v) is 13.7. The van der Waals surface area contributed by atoms with E-state index in [1.807, 2.05) is 61.5 Å². The first-order valence-corrected chi connectivity index (χ1v) is 7.77. The van der Waals surface area contributed by atoms with Crippen molar-refractivity contribution in [2.45, 2.75) is 13.0 Å². The fourth-order valence-electron chi connectivity index (χ4n) is 2.54. The summed E-state index contributed by atoms with van der Waals surface area (Å²) in [7, 11) is 1.60. The third kappa shape index (κ3) is 3.49. The Kier molecular flexibility index (Phi) is 4.66. The number of amides is 1. The zero-order valence-electron chi connectivity index (χ0n) is 13.7. The number of hydrogen-bond acceptors (Lipinski definition) is 3. The highest BCUT2D eigenvalue weighted by molar-refractivity contribution is 5.93. The molecule has 2 aromatic carbocycles. The van der Waals surface area contributed by atoms with Gasteiger partial charge in [0.2, 0.25) is 5.91 Å². The summed E-state index contributed by atoms with van der Waals surface area (Å²) in [5.41, 5.74) is 1.74. The lowest BCUT2D eigenvalue weighted by atomic mass is 10.1. The van der Waals surface area contributed by atoms with Gasteiger partial charge in [0.1, 0.15) is 5.76 Å². The van der Waals surface area contributed by atoms with Crippen molar-refractivity contribution in [2.75, 3.05) is 7.11 Å². The maximum absolute atomic E-state index is 12.1. The molecule has 122 valence electrons. The highest BCUT2D eigenvalue weighted by Gasteiger charge is 2.09. The third-order valence-electron chi connectivity index (χ3n) is 3.80. The summed E-state index contributed by atoms with van der Waals surface area (Å²) in [5.74, 6) is 1.12. The van der Waals surface area contributed by atoms with Gasteiger partial charge in [0.25, 0.3) is 0 Å². The lowest BCUT2D eigenvalue weighted by Gasteiger charge is -2.12. The SMILES string of the molecule is COc1cccc2cc(/C=C/C(=O)NC(C)c3ccccc3)oc12. The van der Waals surface area contributed by atoms with E-state index in [9.17, 15) is 4.79 Å². The van der Waals surface area contributed by atoms with Gasteiger partial charge in [-0.05, 0) is 30.7 Å². The Morgan fingerprint density at radius 3 is 2.71 bits per heavy atom. The van der Waals surface area contributed by atoms with E-state index >= 15 is 0 Å². The van der Waals surface area contributed by atoms with Gasteiger partial charge in [0.05, 0.1) is 13.2 Å². The quantitative estimate of drug-likeness (QED) is 0.712. The minimum Gasteiger partial charge on any atom is -0.493 e. The van der Waals surface area contributed by atoms with Crippen LogP contribution in [0.15, 0.2) is 65.1 Å². The Morgan fingerprint density at radius 1 is 1.17 bits per heavy atom. The van der Waals surface area contributed by atoms with Crippen LogP contribution < -0.4 is 10.1 Å². The summed E-state index contributed by atoms with van der Waals surface area (Å²) in [4.78, 5) is 12.1. The van der Waals surface area contributed by atoms with Gasteiger partial charge in [-0.3, -0.25) is 4.79 Å². The van der Waals surface area contributed by atoms with Crippen molar-refractivity contribution in [1.29, 1.82) is 0 Å². The van der Waals surface area contributed by atoms with Crippen LogP contribution in [0, 0.1) is 0 Å². The number of nitrogens with one attached hydrogen (secondary N) is 1. The molecule has 0 saturated carbocycles. The van der Waals surface area contributed by atoms with Gasteiger partial charge in [-0.15, -0.1) is 0 Å². The van der Waals surface area contributed by atoms with Crippen LogP contribution in [-0.4, -0.2) is 13.0 Å². The molecule has 4 heteroatoms. The molecule has 0 spiro atoms. The number of rotatable bonds is 5. The van der Waals surface area contributed by atoms with Gasteiger partial charge in [-0.2, -0.15) is 0 Å². The van der Waals surface area contributed by atoms with Crippen LogP contribution in [0.5, 0.6) is 5.75 Å². The van der Waals surface area contributed by atoms with E-state index in [1.54, 1.807) is 13.2 Å². The topological polar surface area (TPSA) is 51.5 Å². The second-order valence-corrected chi connectivity index (χ2v) is 5.50. The van der Waals surface area contributed by atoms with Crippen LogP contribution in [0.1, 0.15) is 24.3 Å². The highest BCUT2D eigenvalue weighted by Crippen LogP contribution is 2.28. The number of para-hydroxylation sites is 1. The second-order valence-electron chi connectivity index (χ2n) is 5.50. The molecular formula is C20H19NO3. The van der Waals surface area contributed by atoms with E-state index < -0.39 is 0 Å². The fourth-order valence-corrected chi connectivity index (χ4v) is 2.54. The third-order valence-corrected chi connectivity index (χ3v) is 3.80. The number of hydrogen-bond donors (Lipinski definition) is 1. The molecule has 3 aromatic rings. The second kappa shape index (κ2) is 7.04. The first-order valence-electron chi connectivity index (χ1n) is 7.77. The molecule has 1 heterocycles. The van der Waals surface area contributed by atoms with Crippen molar-refractivity contribution in [3.05, 3.63) is 72.0 Å². The predicted molar refractivity (Wildman–Crippen MR) is 94.8 cm³/mol. The average Bonchev–Trinajstić information content (AvgIpc) is 3.03. The number of furan rings is 1. The lowest BCUT2D eigenvalue weighted by Crippen LogP contribution is -2.24. The first-order chi connectivity index (χ1) is 11.7. The molecule has 0 aliphatic heterocycles. The molecule has 0 saturated heterocycles. The number of benzene rings is 2. The first kappa shape index (κ1) is 15.9. The van der Waals surface area contributed by atoms with E-state index in [1.165, 1.54) is 6.08 Å². The van der Waals surface area contributed by atoms with Crippen LogP contribution in [0.2, 0.25) is 0 Å². The van der Waals surface area contributed by atoms with E-state index in [2.05, 4.69) is 5.32 Å². The highest BCUT2D eigenvalue weighted by atomic mass is 16.5. The van der Waals surface area contributed by atoms with E-state index in [0.717, 1.165) is 10.9 Å². The van der Waals surface area contributed by atoms with Crippen LogP contribution >= 0.6 is 0 Å². The summed E-state index contributed by atoms with van der Waals surface area (Å²) >= 11 is 0. The predicted octanol–water partition coefficient (Wildman–Crippen LogP) is 4.33. The van der Waals surface area contributed by atoms with Crippen LogP contribution in [-0.2, 0) is 4.79 Å². The summed E-state index contributed by atoms with van der Waals surface area (Å²) in [6.45, 7) is 1.95. The fraction of sp³-hybridized carbons (Fsp3) is 0.150. The molecule has 1 aromatic heterocycles. The number of carbonyl (C=O) groups excluding carboxylic acids is 1. The Bertz CT molecular complexity index is 865. The average molecular weight is 321 g/mol. The normalized spacial score (nSPS) is 12.4. The molecule has 3 rings (SSSR count). The van der Waals surface area contributed by atoms with E-state index in [-0.39, 0.29) is 11.9 Å². The number of fused-ring (bicyclic) bond motifs is 1. The van der Waals surface area contributed by atoms with Crippen LogP contribution in [0.4, 0.5) is 0 Å². The number of carbonyl (C=O) groups is 1. The lowest BCUT2D eigenvalue weighted by molar-refractivity contribution is -0.117. The summed E-state index contributed by atoms with van der Waals surface area (Å²) in [6, 6.07) is 17.3. The number of methoxy groups -OCH3 is 1. The van der Waals surface area contributed by atoms with Gasteiger partial charge < -0.3 is 14.5 Å². The molecule has 0 radical (unpaired) electrons. The van der Waals surface area contributed by atoms with Crippen LogP contribution in [0.3, 0.4) is 0 Å². The standard InChI is InChI=1S/C20H19NO3/c1-14(15-7-4-3-5-8-15)21-19(22)12-11-17-13-16-9-6-10-18(23-2)20(16)24-17/h3-14H,1-2H3,(H,21,22)/b12-11+. The van der Waals surface area contributed by atoms with Crippen molar-refractivity contribution < 1.29 is 13.9 Å². The van der Waals surface area contributed by atoms with Crippen molar-refractivity contribution in [2.24, 2.45) is 0 Å². The zero-order chi connectivity index (χ0) is 16.9. The Balaban J connectivity index is 1.70. The molecule has 1 atom stereocenters. The van der Waals surface area contributed by atoms with Gasteiger partial charge in [0, 0.05) is 11.5 Å². The maximum Gasteiger partial charge on any atom is 0.244 e. The molecular weight excluding hydrogens is 302 g/mol. The molecule has 1 unspecified atom stereocenters. The van der Waals surface area contributed by atoms with Crippen molar-refractivity contribution in [3.63, 3.8) is 0 Å². The Morgan fingerprint density at radius 2 is 1.96 bits per heavy atom. The monoisotopic (exact) mass is 321 g/mol. The van der Waals surface area contributed by atoms with Gasteiger partial charge >= 0.3 is 0 Å². The molecule has 24 heavy (non-hydrogen) atoms. The van der Waals surface area contributed by atoms with Gasteiger partial charge in [-0.1, -0.05) is 42.5 Å². The van der Waals surface area contributed by atoms with Crippen molar-refractivity contribution in [3.8, 4) is 5.75 Å². The molecule has 4 nitrogen and oxygen atoms in total. The maximum atomic E-state index is 12.1. The van der Waals surface area contributed by atoms with Crippen LogP contribution in [0.25, 0.3) is 17.0 Å². The van der Waals surface area contributed by atoms with E-state index in [4.69, 9.17) is 9.15 Å². The van der Waals surface area contributed by atoms with E-state index in [0.29, 0.717) is 17.1 Å². The molecule has 1 N–H and O–H groups in total. The van der Waals surface area contributed by atoms with Crippen molar-refractivity contribution in [1.82, 2.24) is 5.32 Å². The molecule has 0 aliphatic rings. The van der Waals surface area contributed by atoms with Gasteiger partial charge in [0.15, 0.2) is 11.3 Å². The Labute approximate surface area is 140 Å². The minimum absolute atomic E-state index is 0.0564. The smallest absolute Gasteiger partial charge is 0.244 e. The molecule has 0 fully saturated rings. The summed E-state index contributed by atoms with van der Waals surface area (Å²) in [5, 5.41) is 3.87. The molecule has 1 amide bonds. The largest absolute Gasteiger partial charge is 0.493 e. The van der Waals surface area contributed by atoms with Crippen molar-refractivity contribution >= 4 is 23.0 Å². The van der Waals surface area contributed by atoms with Gasteiger partial charge in [-0.25, -0.2) is 0 Å². The summed E-state index contributed by atoms with van der Waals surface area (Å²) < 4.78 is 11.0. The Hall–Kier alpha value is -3.01. The number of ether oxygens (including phenoxy) is 1. The summed E-state index contributed by atoms with van der Waals surface area (Å²) in [6.07, 6.45) is 3.14. The molecule has 0 aliphatic carbocycles. The minimum atomic E-state index is -0.168.